The summed E-state index contributed by atoms with van der Waals surface area (Å²) in [6, 6.07) is 20.2. The lowest BCUT2D eigenvalue weighted by Gasteiger charge is -2.16. The maximum absolute atomic E-state index is 11.0. The van der Waals surface area contributed by atoms with Gasteiger partial charge in [0.2, 0.25) is 0 Å². The molecule has 0 radical (unpaired) electrons. The van der Waals surface area contributed by atoms with Gasteiger partial charge in [0.1, 0.15) is 5.75 Å². The van der Waals surface area contributed by atoms with Gasteiger partial charge in [0.05, 0.1) is 25.3 Å². The van der Waals surface area contributed by atoms with Crippen LogP contribution in [-0.2, 0) is 6.54 Å². The highest BCUT2D eigenvalue weighted by atomic mass is 16.5. The number of pyridine rings is 1. The fraction of sp³-hybridized carbons (Fsp3) is 0.160. The van der Waals surface area contributed by atoms with E-state index < -0.39 is 6.10 Å². The third kappa shape index (κ3) is 2.84. The molecule has 1 atom stereocenters. The Balaban J connectivity index is 1.81. The molecular formula is C25H22N2O2. The normalized spacial score (nSPS) is 12.7. The van der Waals surface area contributed by atoms with Crippen molar-refractivity contribution in [3.63, 3.8) is 0 Å². The van der Waals surface area contributed by atoms with E-state index >= 15 is 0 Å². The highest BCUT2D eigenvalue weighted by molar-refractivity contribution is 6.14. The molecule has 2 heterocycles. The molecule has 0 aliphatic rings. The van der Waals surface area contributed by atoms with Gasteiger partial charge in [0.25, 0.3) is 0 Å². The number of methoxy groups -OCH3 is 1. The number of fused-ring (bicyclic) bond motifs is 4. The van der Waals surface area contributed by atoms with Gasteiger partial charge in [-0.05, 0) is 53.8 Å². The largest absolute Gasteiger partial charge is 0.497 e. The van der Waals surface area contributed by atoms with Gasteiger partial charge in [-0.2, -0.15) is 0 Å². The molecule has 0 amide bonds. The van der Waals surface area contributed by atoms with Crippen molar-refractivity contribution in [3.05, 3.63) is 84.2 Å². The first kappa shape index (κ1) is 17.7. The van der Waals surface area contributed by atoms with E-state index in [0.717, 1.165) is 38.5 Å². The number of aromatic nitrogens is 2. The van der Waals surface area contributed by atoms with E-state index in [9.17, 15) is 5.11 Å². The van der Waals surface area contributed by atoms with Gasteiger partial charge in [-0.3, -0.25) is 4.98 Å². The van der Waals surface area contributed by atoms with Crippen LogP contribution >= 0.6 is 0 Å². The van der Waals surface area contributed by atoms with Crippen molar-refractivity contribution in [1.82, 2.24) is 9.55 Å². The van der Waals surface area contributed by atoms with Crippen molar-refractivity contribution < 1.29 is 9.84 Å². The van der Waals surface area contributed by atoms with Crippen LogP contribution in [0.4, 0.5) is 0 Å². The van der Waals surface area contributed by atoms with Crippen LogP contribution in [0, 0.1) is 6.92 Å². The Kier molecular flexibility index (Phi) is 4.22. The summed E-state index contributed by atoms with van der Waals surface area (Å²) >= 11 is 0. The van der Waals surface area contributed by atoms with Gasteiger partial charge in [-0.25, -0.2) is 0 Å². The van der Waals surface area contributed by atoms with Crippen LogP contribution in [0.5, 0.6) is 5.75 Å². The number of hydrogen-bond acceptors (Lipinski definition) is 3. The maximum atomic E-state index is 11.0. The Morgan fingerprint density at radius 1 is 1.00 bits per heavy atom. The second-order valence-electron chi connectivity index (χ2n) is 7.41. The molecule has 5 rings (SSSR count). The third-order valence-corrected chi connectivity index (χ3v) is 5.76. The van der Waals surface area contributed by atoms with E-state index in [1.54, 1.807) is 7.11 Å². The molecule has 2 aromatic heterocycles. The second kappa shape index (κ2) is 6.90. The molecule has 4 heteroatoms. The molecule has 4 nitrogen and oxygen atoms in total. The lowest BCUT2D eigenvalue weighted by Crippen LogP contribution is -2.09. The van der Waals surface area contributed by atoms with E-state index in [1.807, 2.05) is 48.8 Å². The van der Waals surface area contributed by atoms with E-state index in [2.05, 4.69) is 40.7 Å². The number of aliphatic hydroxyl groups excluding tert-OH is 1. The van der Waals surface area contributed by atoms with E-state index in [0.29, 0.717) is 6.54 Å². The fourth-order valence-corrected chi connectivity index (χ4v) is 4.33. The Labute approximate surface area is 169 Å². The molecule has 1 N–H and O–H groups in total. The van der Waals surface area contributed by atoms with Gasteiger partial charge in [0.15, 0.2) is 0 Å². The number of nitrogens with zero attached hydrogens (tertiary/aromatic N) is 2. The Morgan fingerprint density at radius 2 is 1.83 bits per heavy atom. The zero-order chi connectivity index (χ0) is 20.0. The number of aryl methyl sites for hydroxylation is 1. The van der Waals surface area contributed by atoms with Crippen molar-refractivity contribution in [2.75, 3.05) is 7.11 Å². The van der Waals surface area contributed by atoms with Crippen molar-refractivity contribution in [2.24, 2.45) is 0 Å². The summed E-state index contributed by atoms with van der Waals surface area (Å²) in [5.41, 5.74) is 4.33. The molecule has 5 aromatic rings. The SMILES string of the molecule is COc1ccc2c(c1)c1cc3cnccc3c(C)c1n2C[C@@H](O)c1ccccc1. The predicted molar refractivity (Wildman–Crippen MR) is 117 cm³/mol. The molecule has 3 aromatic carbocycles. The summed E-state index contributed by atoms with van der Waals surface area (Å²) < 4.78 is 7.71. The predicted octanol–water partition coefficient (Wildman–Crippen LogP) is 5.39. The molecule has 0 spiro atoms. The zero-order valence-electron chi connectivity index (χ0n) is 16.5. The summed E-state index contributed by atoms with van der Waals surface area (Å²) in [6.07, 6.45) is 3.14. The standard InChI is InChI=1S/C25H22N2O2/c1-16-20-10-11-26-14-18(20)12-22-21-13-19(29-2)8-9-23(21)27(25(16)22)15-24(28)17-6-4-3-5-7-17/h3-14,24,28H,15H2,1-2H3/t24-/m1/s1. The van der Waals surface area contributed by atoms with Gasteiger partial charge >= 0.3 is 0 Å². The Hall–Kier alpha value is -3.37. The van der Waals surface area contributed by atoms with Crippen molar-refractivity contribution in [2.45, 2.75) is 19.6 Å². The van der Waals surface area contributed by atoms with E-state index in [1.165, 1.54) is 10.9 Å². The molecule has 29 heavy (non-hydrogen) atoms. The fourth-order valence-electron chi connectivity index (χ4n) is 4.33. The van der Waals surface area contributed by atoms with Crippen molar-refractivity contribution in [1.29, 1.82) is 0 Å². The minimum absolute atomic E-state index is 0.480. The van der Waals surface area contributed by atoms with Crippen molar-refractivity contribution >= 4 is 32.6 Å². The topological polar surface area (TPSA) is 47.3 Å². The van der Waals surface area contributed by atoms with Crippen LogP contribution in [0.25, 0.3) is 32.6 Å². The van der Waals surface area contributed by atoms with Crippen LogP contribution < -0.4 is 4.74 Å². The second-order valence-corrected chi connectivity index (χ2v) is 7.41. The lowest BCUT2D eigenvalue weighted by atomic mass is 10.0. The van der Waals surface area contributed by atoms with Crippen LogP contribution in [0.1, 0.15) is 17.2 Å². The average Bonchev–Trinajstić information content (AvgIpc) is 3.07. The number of hydrogen-bond donors (Lipinski definition) is 1. The summed E-state index contributed by atoms with van der Waals surface area (Å²) in [7, 11) is 1.68. The Bertz CT molecular complexity index is 1340. The van der Waals surface area contributed by atoms with Gasteiger partial charge < -0.3 is 14.4 Å². The lowest BCUT2D eigenvalue weighted by molar-refractivity contribution is 0.159. The van der Waals surface area contributed by atoms with E-state index in [4.69, 9.17) is 4.74 Å². The third-order valence-electron chi connectivity index (χ3n) is 5.76. The Morgan fingerprint density at radius 3 is 2.62 bits per heavy atom. The quantitative estimate of drug-likeness (QED) is 0.453. The summed E-state index contributed by atoms with van der Waals surface area (Å²) in [5.74, 6) is 0.823. The van der Waals surface area contributed by atoms with Crippen LogP contribution in [0.3, 0.4) is 0 Å². The average molecular weight is 382 g/mol. The molecule has 0 unspecified atom stereocenters. The van der Waals surface area contributed by atoms with E-state index in [-0.39, 0.29) is 0 Å². The highest BCUT2D eigenvalue weighted by Crippen LogP contribution is 2.37. The molecule has 0 fully saturated rings. The first-order valence-electron chi connectivity index (χ1n) is 9.73. The highest BCUT2D eigenvalue weighted by Gasteiger charge is 2.18. The van der Waals surface area contributed by atoms with Gasteiger partial charge in [0, 0.05) is 34.1 Å². The minimum Gasteiger partial charge on any atom is -0.497 e. The minimum atomic E-state index is -0.593. The summed E-state index contributed by atoms with van der Waals surface area (Å²) in [5, 5.41) is 15.5. The van der Waals surface area contributed by atoms with Crippen LogP contribution in [0.2, 0.25) is 0 Å². The number of ether oxygens (including phenoxy) is 1. The smallest absolute Gasteiger partial charge is 0.119 e. The van der Waals surface area contributed by atoms with Crippen LogP contribution in [0.15, 0.2) is 73.1 Å². The molecule has 0 bridgehead atoms. The first-order valence-corrected chi connectivity index (χ1v) is 9.73. The van der Waals surface area contributed by atoms with Gasteiger partial charge in [-0.1, -0.05) is 30.3 Å². The van der Waals surface area contributed by atoms with Gasteiger partial charge in [-0.15, -0.1) is 0 Å². The molecule has 0 saturated carbocycles. The molecule has 0 saturated heterocycles. The number of rotatable bonds is 4. The number of aliphatic hydroxyl groups is 1. The summed E-state index contributed by atoms with van der Waals surface area (Å²) in [4.78, 5) is 4.30. The monoisotopic (exact) mass is 382 g/mol. The zero-order valence-corrected chi connectivity index (χ0v) is 16.5. The molecule has 0 aliphatic carbocycles. The molecule has 0 aliphatic heterocycles. The van der Waals surface area contributed by atoms with Crippen LogP contribution in [-0.4, -0.2) is 21.8 Å². The first-order chi connectivity index (χ1) is 14.2. The molecular weight excluding hydrogens is 360 g/mol. The van der Waals surface area contributed by atoms with Crippen molar-refractivity contribution in [3.8, 4) is 5.75 Å². The molecule has 144 valence electrons. The summed E-state index contributed by atoms with van der Waals surface area (Å²) in [6.45, 7) is 2.62. The number of benzene rings is 3. The maximum Gasteiger partial charge on any atom is 0.119 e.